The summed E-state index contributed by atoms with van der Waals surface area (Å²) in [7, 11) is 3.25. The Morgan fingerprint density at radius 1 is 1.50 bits per heavy atom. The second-order valence-corrected chi connectivity index (χ2v) is 4.77. The quantitative estimate of drug-likeness (QED) is 0.741. The van der Waals surface area contributed by atoms with Crippen LogP contribution in [0.1, 0.15) is 26.2 Å². The Kier molecular flexibility index (Phi) is 3.93. The number of carboxylic acids is 1. The average Bonchev–Trinajstić information content (AvgIpc) is 2.24. The van der Waals surface area contributed by atoms with Crippen LogP contribution in [0.5, 0.6) is 0 Å². The molecule has 1 fully saturated rings. The maximum Gasteiger partial charge on any atom is 0.323 e. The van der Waals surface area contributed by atoms with Gasteiger partial charge in [-0.3, -0.25) is 4.79 Å². The summed E-state index contributed by atoms with van der Waals surface area (Å²) >= 11 is 0. The van der Waals surface area contributed by atoms with Gasteiger partial charge in [0.2, 0.25) is 0 Å². The standard InChI is InChI=1S/C11H21NO4/c1-8-6-10(16-3,7-15-2)4-5-11(8,12)9(13)14/h8H,4-7,12H2,1-3H3,(H,13,14). The third-order valence-electron chi connectivity index (χ3n) is 3.79. The van der Waals surface area contributed by atoms with Crippen LogP contribution in [0.15, 0.2) is 0 Å². The lowest BCUT2D eigenvalue weighted by molar-refractivity contribution is -0.155. The smallest absolute Gasteiger partial charge is 0.323 e. The Bertz CT molecular complexity index is 271. The Morgan fingerprint density at radius 3 is 2.50 bits per heavy atom. The van der Waals surface area contributed by atoms with Crippen LogP contribution < -0.4 is 5.73 Å². The van der Waals surface area contributed by atoms with Gasteiger partial charge in [0.25, 0.3) is 0 Å². The van der Waals surface area contributed by atoms with E-state index >= 15 is 0 Å². The molecule has 0 spiro atoms. The van der Waals surface area contributed by atoms with E-state index in [1.807, 2.05) is 6.92 Å². The minimum absolute atomic E-state index is 0.131. The molecule has 0 aliphatic heterocycles. The predicted molar refractivity (Wildman–Crippen MR) is 59.2 cm³/mol. The zero-order chi connectivity index (χ0) is 12.4. The van der Waals surface area contributed by atoms with E-state index < -0.39 is 11.5 Å². The van der Waals surface area contributed by atoms with Gasteiger partial charge >= 0.3 is 5.97 Å². The fraction of sp³-hybridized carbons (Fsp3) is 0.909. The lowest BCUT2D eigenvalue weighted by Gasteiger charge is -2.45. The van der Waals surface area contributed by atoms with Crippen molar-refractivity contribution < 1.29 is 19.4 Å². The fourth-order valence-electron chi connectivity index (χ4n) is 2.48. The highest BCUT2D eigenvalue weighted by Crippen LogP contribution is 2.40. The topological polar surface area (TPSA) is 81.8 Å². The van der Waals surface area contributed by atoms with Crippen LogP contribution in [0.3, 0.4) is 0 Å². The summed E-state index contributed by atoms with van der Waals surface area (Å²) in [5.41, 5.74) is 4.41. The molecule has 94 valence electrons. The van der Waals surface area contributed by atoms with Gasteiger partial charge < -0.3 is 20.3 Å². The summed E-state index contributed by atoms with van der Waals surface area (Å²) in [5.74, 6) is -1.06. The van der Waals surface area contributed by atoms with Crippen LogP contribution in [0.4, 0.5) is 0 Å². The SMILES string of the molecule is COCC1(OC)CCC(N)(C(=O)O)C(C)C1. The molecule has 5 nitrogen and oxygen atoms in total. The minimum Gasteiger partial charge on any atom is -0.480 e. The molecule has 0 aromatic heterocycles. The maximum atomic E-state index is 11.1. The molecule has 0 saturated heterocycles. The highest BCUT2D eigenvalue weighted by atomic mass is 16.5. The fourth-order valence-corrected chi connectivity index (χ4v) is 2.48. The van der Waals surface area contributed by atoms with Crippen molar-refractivity contribution in [3.05, 3.63) is 0 Å². The Labute approximate surface area is 95.9 Å². The van der Waals surface area contributed by atoms with Crippen molar-refractivity contribution >= 4 is 5.97 Å². The van der Waals surface area contributed by atoms with Crippen LogP contribution in [0.2, 0.25) is 0 Å². The third kappa shape index (κ3) is 2.21. The van der Waals surface area contributed by atoms with E-state index in [1.54, 1.807) is 14.2 Å². The lowest BCUT2D eigenvalue weighted by atomic mass is 9.68. The zero-order valence-corrected chi connectivity index (χ0v) is 10.2. The van der Waals surface area contributed by atoms with Gasteiger partial charge in [-0.15, -0.1) is 0 Å². The molecule has 0 aromatic carbocycles. The van der Waals surface area contributed by atoms with Crippen LogP contribution >= 0.6 is 0 Å². The molecule has 0 amide bonds. The summed E-state index contributed by atoms with van der Waals surface area (Å²) in [5, 5.41) is 9.14. The Balaban J connectivity index is 2.80. The Hall–Kier alpha value is -0.650. The second-order valence-electron chi connectivity index (χ2n) is 4.77. The van der Waals surface area contributed by atoms with E-state index in [0.29, 0.717) is 25.9 Å². The van der Waals surface area contributed by atoms with E-state index in [0.717, 1.165) is 0 Å². The molecule has 3 unspecified atom stereocenters. The zero-order valence-electron chi connectivity index (χ0n) is 10.2. The largest absolute Gasteiger partial charge is 0.480 e. The summed E-state index contributed by atoms with van der Waals surface area (Å²) in [6.07, 6.45) is 1.64. The van der Waals surface area contributed by atoms with Crippen molar-refractivity contribution in [3.63, 3.8) is 0 Å². The summed E-state index contributed by atoms with van der Waals surface area (Å²) < 4.78 is 10.6. The number of carboxylic acid groups (broad SMARTS) is 1. The summed E-state index contributed by atoms with van der Waals surface area (Å²) in [6.45, 7) is 2.33. The van der Waals surface area contributed by atoms with E-state index in [-0.39, 0.29) is 11.5 Å². The summed E-state index contributed by atoms with van der Waals surface area (Å²) in [4.78, 5) is 11.1. The number of hydrogen-bond acceptors (Lipinski definition) is 4. The number of aliphatic carboxylic acids is 1. The van der Waals surface area contributed by atoms with E-state index in [4.69, 9.17) is 20.3 Å². The first kappa shape index (κ1) is 13.4. The monoisotopic (exact) mass is 231 g/mol. The van der Waals surface area contributed by atoms with E-state index in [2.05, 4.69) is 0 Å². The molecule has 16 heavy (non-hydrogen) atoms. The normalized spacial score (nSPS) is 39.6. The van der Waals surface area contributed by atoms with Crippen LogP contribution in [0.25, 0.3) is 0 Å². The maximum absolute atomic E-state index is 11.1. The first-order valence-corrected chi connectivity index (χ1v) is 5.46. The van der Waals surface area contributed by atoms with Crippen LogP contribution in [-0.2, 0) is 14.3 Å². The van der Waals surface area contributed by atoms with Gasteiger partial charge in [0.05, 0.1) is 12.2 Å². The molecule has 0 radical (unpaired) electrons. The second kappa shape index (κ2) is 4.69. The molecular formula is C11H21NO4. The molecule has 1 aliphatic carbocycles. The third-order valence-corrected chi connectivity index (χ3v) is 3.79. The minimum atomic E-state index is -1.13. The number of carbonyl (C=O) groups is 1. The molecular weight excluding hydrogens is 210 g/mol. The number of rotatable bonds is 4. The summed E-state index contributed by atoms with van der Waals surface area (Å²) in [6, 6.07) is 0. The number of nitrogens with two attached hydrogens (primary N) is 1. The van der Waals surface area contributed by atoms with Gasteiger partial charge in [-0.25, -0.2) is 0 Å². The molecule has 0 bridgehead atoms. The van der Waals surface area contributed by atoms with Crippen molar-refractivity contribution in [3.8, 4) is 0 Å². The van der Waals surface area contributed by atoms with Crippen molar-refractivity contribution in [1.82, 2.24) is 0 Å². The van der Waals surface area contributed by atoms with Gasteiger partial charge in [0.1, 0.15) is 5.54 Å². The van der Waals surface area contributed by atoms with Gasteiger partial charge in [0, 0.05) is 14.2 Å². The van der Waals surface area contributed by atoms with Gasteiger partial charge in [-0.05, 0) is 25.2 Å². The highest BCUT2D eigenvalue weighted by Gasteiger charge is 2.49. The lowest BCUT2D eigenvalue weighted by Crippen LogP contribution is -2.60. The average molecular weight is 231 g/mol. The van der Waals surface area contributed by atoms with Crippen LogP contribution in [-0.4, -0.2) is 43.0 Å². The van der Waals surface area contributed by atoms with E-state index in [9.17, 15) is 4.79 Å². The molecule has 5 heteroatoms. The molecule has 3 atom stereocenters. The van der Waals surface area contributed by atoms with Gasteiger partial charge in [-0.1, -0.05) is 6.92 Å². The van der Waals surface area contributed by atoms with Crippen molar-refractivity contribution in [2.24, 2.45) is 11.7 Å². The van der Waals surface area contributed by atoms with Gasteiger partial charge in [0.15, 0.2) is 0 Å². The first-order chi connectivity index (χ1) is 7.40. The molecule has 1 aliphatic rings. The molecule has 0 heterocycles. The predicted octanol–water partition coefficient (Wildman–Crippen LogP) is 0.620. The molecule has 1 rings (SSSR count). The molecule has 1 saturated carbocycles. The van der Waals surface area contributed by atoms with Crippen LogP contribution in [0, 0.1) is 5.92 Å². The van der Waals surface area contributed by atoms with Crippen molar-refractivity contribution in [2.75, 3.05) is 20.8 Å². The number of methoxy groups -OCH3 is 2. The Morgan fingerprint density at radius 2 is 2.12 bits per heavy atom. The van der Waals surface area contributed by atoms with Gasteiger partial charge in [-0.2, -0.15) is 0 Å². The van der Waals surface area contributed by atoms with E-state index in [1.165, 1.54) is 0 Å². The molecule has 0 aromatic rings. The number of ether oxygens (including phenoxy) is 2. The highest BCUT2D eigenvalue weighted by molar-refractivity contribution is 5.79. The molecule has 3 N–H and O–H groups in total. The van der Waals surface area contributed by atoms with Crippen molar-refractivity contribution in [1.29, 1.82) is 0 Å². The number of hydrogen-bond donors (Lipinski definition) is 2. The van der Waals surface area contributed by atoms with Crippen molar-refractivity contribution in [2.45, 2.75) is 37.3 Å². The first-order valence-electron chi connectivity index (χ1n) is 5.46.